The molecule has 0 aromatic heterocycles. The number of hydrogen-bond acceptors (Lipinski definition) is 3. The minimum absolute atomic E-state index is 0.593. The molecule has 20 heavy (non-hydrogen) atoms. The van der Waals surface area contributed by atoms with Crippen molar-refractivity contribution in [3.8, 4) is 5.75 Å². The number of hydrogen-bond donors (Lipinski definition) is 1. The second-order valence-corrected chi connectivity index (χ2v) is 5.76. The van der Waals surface area contributed by atoms with Crippen molar-refractivity contribution in [2.24, 2.45) is 0 Å². The van der Waals surface area contributed by atoms with Gasteiger partial charge in [-0.2, -0.15) is 0 Å². The summed E-state index contributed by atoms with van der Waals surface area (Å²) in [6.45, 7) is 8.85. The summed E-state index contributed by atoms with van der Waals surface area (Å²) in [5, 5.41) is 3.69. The van der Waals surface area contributed by atoms with Crippen LogP contribution in [0.1, 0.15) is 38.7 Å². The van der Waals surface area contributed by atoms with Crippen LogP contribution in [0, 0.1) is 6.92 Å². The van der Waals surface area contributed by atoms with Gasteiger partial charge in [0, 0.05) is 30.9 Å². The van der Waals surface area contributed by atoms with Gasteiger partial charge < -0.3 is 15.0 Å². The fraction of sp³-hybridized carbons (Fsp3) is 0.647. The fourth-order valence-corrected chi connectivity index (χ4v) is 3.13. The Morgan fingerprint density at radius 2 is 2.15 bits per heavy atom. The molecule has 3 nitrogen and oxygen atoms in total. The van der Waals surface area contributed by atoms with E-state index in [0.29, 0.717) is 12.1 Å². The van der Waals surface area contributed by atoms with Crippen molar-refractivity contribution >= 4 is 5.69 Å². The number of nitrogens with one attached hydrogen (secondary N) is 1. The van der Waals surface area contributed by atoms with Gasteiger partial charge in [-0.1, -0.05) is 20.3 Å². The number of piperazine rings is 1. The van der Waals surface area contributed by atoms with E-state index in [0.717, 1.165) is 18.8 Å². The van der Waals surface area contributed by atoms with Crippen LogP contribution in [-0.4, -0.2) is 32.3 Å². The van der Waals surface area contributed by atoms with Gasteiger partial charge in [-0.25, -0.2) is 0 Å². The number of anilines is 1. The highest BCUT2D eigenvalue weighted by molar-refractivity contribution is 5.54. The van der Waals surface area contributed by atoms with E-state index in [9.17, 15) is 0 Å². The number of nitrogens with zero attached hydrogens (tertiary/aromatic N) is 1. The van der Waals surface area contributed by atoms with Gasteiger partial charge in [-0.15, -0.1) is 0 Å². The Kier molecular flexibility index (Phi) is 5.30. The molecule has 1 aliphatic heterocycles. The zero-order valence-corrected chi connectivity index (χ0v) is 13.3. The lowest BCUT2D eigenvalue weighted by Crippen LogP contribution is -2.56. The average Bonchev–Trinajstić information content (AvgIpc) is 2.47. The maximum absolute atomic E-state index is 5.37. The number of methoxy groups -OCH3 is 1. The molecule has 2 unspecified atom stereocenters. The Morgan fingerprint density at radius 3 is 2.75 bits per heavy atom. The van der Waals surface area contributed by atoms with E-state index in [-0.39, 0.29) is 0 Å². The SMILES string of the molecule is CCCC1CN(c2ccc(OC)c(C)c2)C(CC)CN1. The molecule has 1 saturated heterocycles. The summed E-state index contributed by atoms with van der Waals surface area (Å²) in [5.41, 5.74) is 2.54. The molecule has 2 atom stereocenters. The molecule has 112 valence electrons. The first-order valence-corrected chi connectivity index (χ1v) is 7.84. The summed E-state index contributed by atoms with van der Waals surface area (Å²) in [6.07, 6.45) is 3.67. The molecule has 3 heteroatoms. The van der Waals surface area contributed by atoms with Gasteiger partial charge in [-0.05, 0) is 43.5 Å². The third-order valence-corrected chi connectivity index (χ3v) is 4.32. The van der Waals surface area contributed by atoms with E-state index in [4.69, 9.17) is 4.74 Å². The lowest BCUT2D eigenvalue weighted by atomic mass is 10.0. The molecular formula is C17H28N2O. The minimum atomic E-state index is 0.593. The molecule has 0 radical (unpaired) electrons. The van der Waals surface area contributed by atoms with E-state index in [1.54, 1.807) is 7.11 Å². The van der Waals surface area contributed by atoms with Gasteiger partial charge in [0.25, 0.3) is 0 Å². The van der Waals surface area contributed by atoms with Crippen molar-refractivity contribution in [2.45, 2.75) is 52.1 Å². The van der Waals surface area contributed by atoms with Crippen molar-refractivity contribution in [2.75, 3.05) is 25.1 Å². The van der Waals surface area contributed by atoms with Crippen LogP contribution in [-0.2, 0) is 0 Å². The average molecular weight is 276 g/mol. The molecule has 1 fully saturated rings. The van der Waals surface area contributed by atoms with Crippen molar-refractivity contribution in [1.29, 1.82) is 0 Å². The van der Waals surface area contributed by atoms with Gasteiger partial charge in [0.15, 0.2) is 0 Å². The maximum Gasteiger partial charge on any atom is 0.121 e. The Hall–Kier alpha value is -1.22. The minimum Gasteiger partial charge on any atom is -0.496 e. The molecule has 1 aromatic carbocycles. The Morgan fingerprint density at radius 1 is 1.35 bits per heavy atom. The highest BCUT2D eigenvalue weighted by Gasteiger charge is 2.26. The van der Waals surface area contributed by atoms with Crippen molar-refractivity contribution in [3.63, 3.8) is 0 Å². The third-order valence-electron chi connectivity index (χ3n) is 4.32. The normalized spacial score (nSPS) is 22.9. The maximum atomic E-state index is 5.37. The largest absolute Gasteiger partial charge is 0.496 e. The van der Waals surface area contributed by atoms with Crippen LogP contribution >= 0.6 is 0 Å². The Labute approximate surface area is 123 Å². The molecule has 1 heterocycles. The number of rotatable bonds is 5. The summed E-state index contributed by atoms with van der Waals surface area (Å²) >= 11 is 0. The summed E-state index contributed by atoms with van der Waals surface area (Å²) in [4.78, 5) is 2.57. The van der Waals surface area contributed by atoms with Crippen LogP contribution in [0.15, 0.2) is 18.2 Å². The van der Waals surface area contributed by atoms with Gasteiger partial charge in [0.2, 0.25) is 0 Å². The van der Waals surface area contributed by atoms with Crippen molar-refractivity contribution < 1.29 is 4.74 Å². The summed E-state index contributed by atoms with van der Waals surface area (Å²) in [6, 6.07) is 7.76. The van der Waals surface area contributed by atoms with E-state index in [1.807, 2.05) is 0 Å². The molecule has 0 spiro atoms. The molecule has 1 N–H and O–H groups in total. The Bertz CT molecular complexity index is 433. The van der Waals surface area contributed by atoms with Crippen LogP contribution in [0.2, 0.25) is 0 Å². The number of benzene rings is 1. The molecule has 2 rings (SSSR count). The number of aryl methyl sites for hydroxylation is 1. The van der Waals surface area contributed by atoms with Crippen LogP contribution in [0.5, 0.6) is 5.75 Å². The molecule has 1 aromatic rings. The summed E-state index contributed by atoms with van der Waals surface area (Å²) < 4.78 is 5.37. The topological polar surface area (TPSA) is 24.5 Å². The zero-order chi connectivity index (χ0) is 14.5. The molecule has 0 aliphatic carbocycles. The van der Waals surface area contributed by atoms with Gasteiger partial charge in [-0.3, -0.25) is 0 Å². The number of ether oxygens (including phenoxy) is 1. The lowest BCUT2D eigenvalue weighted by molar-refractivity contribution is 0.369. The van der Waals surface area contributed by atoms with Gasteiger partial charge in [0.1, 0.15) is 5.75 Å². The highest BCUT2D eigenvalue weighted by Crippen LogP contribution is 2.27. The molecule has 0 saturated carbocycles. The quantitative estimate of drug-likeness (QED) is 0.892. The van der Waals surface area contributed by atoms with Gasteiger partial charge in [0.05, 0.1) is 7.11 Å². The first kappa shape index (κ1) is 15.2. The fourth-order valence-electron chi connectivity index (χ4n) is 3.13. The third kappa shape index (κ3) is 3.26. The summed E-state index contributed by atoms with van der Waals surface area (Å²) in [5.74, 6) is 0.974. The van der Waals surface area contributed by atoms with Crippen LogP contribution in [0.4, 0.5) is 5.69 Å². The van der Waals surface area contributed by atoms with E-state index < -0.39 is 0 Å². The monoisotopic (exact) mass is 276 g/mol. The standard InChI is InChI=1S/C17H28N2O/c1-5-7-14-12-19(15(6-2)11-18-14)16-8-9-17(20-4)13(3)10-16/h8-10,14-15,18H,5-7,11-12H2,1-4H3. The van der Waals surface area contributed by atoms with Crippen LogP contribution in [0.3, 0.4) is 0 Å². The van der Waals surface area contributed by atoms with E-state index in [2.05, 4.69) is 49.2 Å². The highest BCUT2D eigenvalue weighted by atomic mass is 16.5. The smallest absolute Gasteiger partial charge is 0.121 e. The van der Waals surface area contributed by atoms with Crippen molar-refractivity contribution in [1.82, 2.24) is 5.32 Å². The van der Waals surface area contributed by atoms with Crippen LogP contribution in [0.25, 0.3) is 0 Å². The predicted octanol–water partition coefficient (Wildman–Crippen LogP) is 3.36. The van der Waals surface area contributed by atoms with Gasteiger partial charge >= 0.3 is 0 Å². The van der Waals surface area contributed by atoms with E-state index in [1.165, 1.54) is 30.5 Å². The molecule has 0 bridgehead atoms. The molecular weight excluding hydrogens is 248 g/mol. The molecule has 0 amide bonds. The predicted molar refractivity (Wildman–Crippen MR) is 85.9 cm³/mol. The van der Waals surface area contributed by atoms with Crippen molar-refractivity contribution in [3.05, 3.63) is 23.8 Å². The van der Waals surface area contributed by atoms with Crippen LogP contribution < -0.4 is 15.0 Å². The second-order valence-electron chi connectivity index (χ2n) is 5.76. The second kappa shape index (κ2) is 6.98. The lowest BCUT2D eigenvalue weighted by Gasteiger charge is -2.42. The first-order valence-electron chi connectivity index (χ1n) is 7.84. The summed E-state index contributed by atoms with van der Waals surface area (Å²) in [7, 11) is 1.74. The molecule has 1 aliphatic rings. The Balaban J connectivity index is 2.19. The zero-order valence-electron chi connectivity index (χ0n) is 13.3. The van der Waals surface area contributed by atoms with E-state index >= 15 is 0 Å². The first-order chi connectivity index (χ1) is 9.69.